The van der Waals surface area contributed by atoms with E-state index in [1.807, 2.05) is 48.5 Å². The van der Waals surface area contributed by atoms with E-state index in [1.165, 1.54) is 5.56 Å². The first-order valence-electron chi connectivity index (χ1n) is 11.2. The summed E-state index contributed by atoms with van der Waals surface area (Å²) in [6.45, 7) is 7.95. The minimum Gasteiger partial charge on any atom is -0.457 e. The zero-order valence-electron chi connectivity index (χ0n) is 19.0. The number of para-hydroxylation sites is 2. The van der Waals surface area contributed by atoms with Crippen molar-refractivity contribution in [2.24, 2.45) is 0 Å². The van der Waals surface area contributed by atoms with Gasteiger partial charge in [0.1, 0.15) is 11.5 Å². The van der Waals surface area contributed by atoms with Gasteiger partial charge in [-0.2, -0.15) is 0 Å². The van der Waals surface area contributed by atoms with E-state index in [9.17, 15) is 0 Å². The quantitative estimate of drug-likeness (QED) is 0.341. The molecule has 0 atom stereocenters. The molecule has 0 N–H and O–H groups in total. The van der Waals surface area contributed by atoms with Crippen LogP contribution < -0.4 is 4.74 Å². The Morgan fingerprint density at radius 2 is 1.21 bits per heavy atom. The van der Waals surface area contributed by atoms with E-state index in [2.05, 4.69) is 46.2 Å². The van der Waals surface area contributed by atoms with Gasteiger partial charge in [0.05, 0.1) is 13.2 Å². The standard InChI is InChI=1S/C27H32N2O2.2ClH/c1-3-9-24(10-4-1)15-16-28-17-19-29(20-18-28)21-22-30-23-25-11-7-8-14-27(25)31-26-12-5-2-6-13-26;;/h1-14H,15-23H2;2*1H. The van der Waals surface area contributed by atoms with E-state index in [-0.39, 0.29) is 24.8 Å². The fourth-order valence-electron chi connectivity index (χ4n) is 3.88. The maximum Gasteiger partial charge on any atom is 0.132 e. The highest BCUT2D eigenvalue weighted by molar-refractivity contribution is 5.85. The maximum atomic E-state index is 6.03. The van der Waals surface area contributed by atoms with Crippen LogP contribution in [0.25, 0.3) is 0 Å². The van der Waals surface area contributed by atoms with E-state index in [0.29, 0.717) is 6.61 Å². The summed E-state index contributed by atoms with van der Waals surface area (Å²) in [6.07, 6.45) is 1.13. The molecule has 1 heterocycles. The third kappa shape index (κ3) is 9.00. The zero-order chi connectivity index (χ0) is 21.1. The third-order valence-corrected chi connectivity index (χ3v) is 5.78. The number of halogens is 2. The first-order valence-corrected chi connectivity index (χ1v) is 11.2. The van der Waals surface area contributed by atoms with Crippen molar-refractivity contribution in [1.82, 2.24) is 9.80 Å². The number of benzene rings is 3. The Kier molecular flexibility index (Phi) is 12.3. The molecule has 4 nitrogen and oxygen atoms in total. The number of rotatable bonds is 10. The van der Waals surface area contributed by atoms with Crippen LogP contribution in [0.4, 0.5) is 0 Å². The van der Waals surface area contributed by atoms with Crippen molar-refractivity contribution >= 4 is 24.8 Å². The first-order chi connectivity index (χ1) is 15.4. The highest BCUT2D eigenvalue weighted by Crippen LogP contribution is 2.25. The van der Waals surface area contributed by atoms with E-state index in [1.54, 1.807) is 0 Å². The molecule has 1 aliphatic heterocycles. The Morgan fingerprint density at radius 1 is 0.636 bits per heavy atom. The molecule has 3 aromatic rings. The molecule has 4 rings (SSSR count). The monoisotopic (exact) mass is 488 g/mol. The Bertz CT molecular complexity index is 904. The van der Waals surface area contributed by atoms with Crippen LogP contribution in [0, 0.1) is 0 Å². The molecular weight excluding hydrogens is 455 g/mol. The second kappa shape index (κ2) is 14.9. The lowest BCUT2D eigenvalue weighted by Gasteiger charge is -2.34. The second-order valence-corrected chi connectivity index (χ2v) is 7.99. The molecular formula is C27H34Cl2N2O2. The number of ether oxygens (including phenoxy) is 2. The fourth-order valence-corrected chi connectivity index (χ4v) is 3.88. The van der Waals surface area contributed by atoms with Gasteiger partial charge < -0.3 is 14.4 Å². The van der Waals surface area contributed by atoms with E-state index in [0.717, 1.165) is 69.4 Å². The Balaban J connectivity index is 0.00000193. The maximum absolute atomic E-state index is 6.03. The lowest BCUT2D eigenvalue weighted by Crippen LogP contribution is -2.47. The molecule has 178 valence electrons. The predicted molar refractivity (Wildman–Crippen MR) is 140 cm³/mol. The van der Waals surface area contributed by atoms with Crippen molar-refractivity contribution in [2.45, 2.75) is 13.0 Å². The molecule has 0 bridgehead atoms. The summed E-state index contributed by atoms with van der Waals surface area (Å²) in [7, 11) is 0. The molecule has 1 saturated heterocycles. The molecule has 1 fully saturated rings. The van der Waals surface area contributed by atoms with Crippen molar-refractivity contribution in [3.63, 3.8) is 0 Å². The number of hydrogen-bond donors (Lipinski definition) is 0. The molecule has 33 heavy (non-hydrogen) atoms. The second-order valence-electron chi connectivity index (χ2n) is 7.99. The van der Waals surface area contributed by atoms with Gasteiger partial charge in [0, 0.05) is 44.8 Å². The van der Waals surface area contributed by atoms with Gasteiger partial charge in [0.2, 0.25) is 0 Å². The smallest absolute Gasteiger partial charge is 0.132 e. The Morgan fingerprint density at radius 3 is 1.91 bits per heavy atom. The number of nitrogens with zero attached hydrogens (tertiary/aromatic N) is 2. The van der Waals surface area contributed by atoms with Crippen LogP contribution in [-0.4, -0.2) is 55.7 Å². The normalized spacial score (nSPS) is 14.2. The summed E-state index contributed by atoms with van der Waals surface area (Å²) in [5, 5.41) is 0. The lowest BCUT2D eigenvalue weighted by atomic mass is 10.1. The molecule has 0 amide bonds. The summed E-state index contributed by atoms with van der Waals surface area (Å²) in [6, 6.07) is 28.8. The van der Waals surface area contributed by atoms with Gasteiger partial charge in [-0.05, 0) is 30.2 Å². The van der Waals surface area contributed by atoms with Gasteiger partial charge >= 0.3 is 0 Å². The van der Waals surface area contributed by atoms with Crippen LogP contribution in [0.3, 0.4) is 0 Å². The third-order valence-electron chi connectivity index (χ3n) is 5.78. The fraction of sp³-hybridized carbons (Fsp3) is 0.333. The van der Waals surface area contributed by atoms with Gasteiger partial charge in [-0.1, -0.05) is 66.7 Å². The molecule has 0 spiro atoms. The summed E-state index contributed by atoms with van der Waals surface area (Å²) < 4.78 is 12.0. The minimum absolute atomic E-state index is 0. The minimum atomic E-state index is 0. The van der Waals surface area contributed by atoms with Crippen LogP contribution in [0.2, 0.25) is 0 Å². The highest BCUT2D eigenvalue weighted by atomic mass is 35.5. The average molecular weight is 489 g/mol. The average Bonchev–Trinajstić information content (AvgIpc) is 2.83. The van der Waals surface area contributed by atoms with Crippen LogP contribution >= 0.6 is 24.8 Å². The van der Waals surface area contributed by atoms with Gasteiger partial charge in [-0.3, -0.25) is 4.90 Å². The zero-order valence-corrected chi connectivity index (χ0v) is 20.6. The van der Waals surface area contributed by atoms with Crippen molar-refractivity contribution in [3.05, 3.63) is 96.1 Å². The number of piperazine rings is 1. The van der Waals surface area contributed by atoms with Gasteiger partial charge in [-0.15, -0.1) is 24.8 Å². The lowest BCUT2D eigenvalue weighted by molar-refractivity contribution is 0.0681. The van der Waals surface area contributed by atoms with Gasteiger partial charge in [-0.25, -0.2) is 0 Å². The molecule has 0 radical (unpaired) electrons. The van der Waals surface area contributed by atoms with Crippen LogP contribution in [0.5, 0.6) is 11.5 Å². The van der Waals surface area contributed by atoms with E-state index < -0.39 is 0 Å². The molecule has 0 unspecified atom stereocenters. The largest absolute Gasteiger partial charge is 0.457 e. The Labute approximate surface area is 210 Å². The van der Waals surface area contributed by atoms with Crippen molar-refractivity contribution in [2.75, 3.05) is 45.9 Å². The molecule has 0 saturated carbocycles. The Hall–Kier alpha value is -2.08. The van der Waals surface area contributed by atoms with Crippen LogP contribution in [0.1, 0.15) is 11.1 Å². The van der Waals surface area contributed by atoms with Crippen molar-refractivity contribution in [1.29, 1.82) is 0 Å². The highest BCUT2D eigenvalue weighted by Gasteiger charge is 2.16. The number of hydrogen-bond acceptors (Lipinski definition) is 4. The van der Waals surface area contributed by atoms with Gasteiger partial charge in [0.15, 0.2) is 0 Å². The summed E-state index contributed by atoms with van der Waals surface area (Å²) >= 11 is 0. The molecule has 3 aromatic carbocycles. The summed E-state index contributed by atoms with van der Waals surface area (Å²) in [5.74, 6) is 1.71. The van der Waals surface area contributed by atoms with Crippen molar-refractivity contribution < 1.29 is 9.47 Å². The van der Waals surface area contributed by atoms with E-state index in [4.69, 9.17) is 9.47 Å². The first kappa shape index (κ1) is 27.2. The molecule has 6 heteroatoms. The predicted octanol–water partition coefficient (Wildman–Crippen LogP) is 5.70. The molecule has 0 aromatic heterocycles. The van der Waals surface area contributed by atoms with E-state index >= 15 is 0 Å². The summed E-state index contributed by atoms with van der Waals surface area (Å²) in [4.78, 5) is 5.08. The van der Waals surface area contributed by atoms with Crippen LogP contribution in [0.15, 0.2) is 84.9 Å². The molecule has 0 aliphatic carbocycles. The van der Waals surface area contributed by atoms with Gasteiger partial charge in [0.25, 0.3) is 0 Å². The SMILES string of the molecule is Cl.Cl.c1ccc(CCN2CCN(CCOCc3ccccc3Oc3ccccc3)CC2)cc1. The summed E-state index contributed by atoms with van der Waals surface area (Å²) in [5.41, 5.74) is 2.51. The topological polar surface area (TPSA) is 24.9 Å². The van der Waals surface area contributed by atoms with Crippen LogP contribution in [-0.2, 0) is 17.8 Å². The molecule has 1 aliphatic rings. The van der Waals surface area contributed by atoms with Crippen molar-refractivity contribution in [3.8, 4) is 11.5 Å².